The van der Waals surface area contributed by atoms with Gasteiger partial charge in [-0.15, -0.1) is 0 Å². The van der Waals surface area contributed by atoms with E-state index in [2.05, 4.69) is 26.0 Å². The molecule has 2 aromatic rings. The Morgan fingerprint density at radius 1 is 1.34 bits per heavy atom. The van der Waals surface area contributed by atoms with Gasteiger partial charge < -0.3 is 9.47 Å². The standard InChI is InChI=1S/C19H19BrFN3O5/c1-4-28-19(27)15-13(8-29-9(2)25)22-17-16(18(26)23-24(17)3)14(15)10-5-6-12(21)11(20)7-10/h5-7,14-15H,4,8H2,1-3H3,(H,23,26). The molecule has 29 heavy (non-hydrogen) atoms. The van der Waals surface area contributed by atoms with E-state index in [0.717, 1.165) is 0 Å². The number of aromatic nitrogens is 2. The van der Waals surface area contributed by atoms with Crippen LogP contribution in [0.1, 0.15) is 30.9 Å². The summed E-state index contributed by atoms with van der Waals surface area (Å²) in [5.74, 6) is -3.13. The van der Waals surface area contributed by atoms with E-state index >= 15 is 0 Å². The molecule has 0 saturated carbocycles. The first-order valence-electron chi connectivity index (χ1n) is 8.85. The topological polar surface area (TPSA) is 103 Å². The second kappa shape index (κ2) is 8.32. The van der Waals surface area contributed by atoms with Gasteiger partial charge in [-0.3, -0.25) is 24.2 Å². The highest BCUT2D eigenvalue weighted by molar-refractivity contribution is 9.10. The van der Waals surface area contributed by atoms with Crippen LogP contribution in [-0.2, 0) is 26.1 Å². The molecule has 2 heterocycles. The number of benzene rings is 1. The van der Waals surface area contributed by atoms with Crippen molar-refractivity contribution in [3.8, 4) is 0 Å². The second-order valence-electron chi connectivity index (χ2n) is 6.50. The first-order chi connectivity index (χ1) is 13.7. The summed E-state index contributed by atoms with van der Waals surface area (Å²) in [6, 6.07) is 4.26. The van der Waals surface area contributed by atoms with Crippen molar-refractivity contribution in [3.63, 3.8) is 0 Å². The molecule has 154 valence electrons. The Labute approximate surface area is 173 Å². The average molecular weight is 468 g/mol. The van der Waals surface area contributed by atoms with Crippen LogP contribution in [0.4, 0.5) is 10.2 Å². The maximum Gasteiger partial charge on any atom is 0.315 e. The molecule has 8 nitrogen and oxygen atoms in total. The number of carbonyl (C=O) groups excluding carboxylic acids is 2. The maximum atomic E-state index is 13.8. The summed E-state index contributed by atoms with van der Waals surface area (Å²) >= 11 is 3.15. The van der Waals surface area contributed by atoms with Crippen LogP contribution in [0, 0.1) is 11.7 Å². The fraction of sp³-hybridized carbons (Fsp3) is 0.368. The molecular weight excluding hydrogens is 449 g/mol. The number of aromatic amines is 1. The Bertz CT molecular complexity index is 1060. The number of H-pyrrole nitrogens is 1. The number of aryl methyl sites for hydroxylation is 1. The molecule has 1 aromatic carbocycles. The van der Waals surface area contributed by atoms with Crippen LogP contribution < -0.4 is 5.56 Å². The van der Waals surface area contributed by atoms with Gasteiger partial charge in [-0.25, -0.2) is 9.38 Å². The number of esters is 2. The molecule has 0 aliphatic carbocycles. The largest absolute Gasteiger partial charge is 0.465 e. The monoisotopic (exact) mass is 467 g/mol. The second-order valence-corrected chi connectivity index (χ2v) is 7.36. The lowest BCUT2D eigenvalue weighted by atomic mass is 9.77. The van der Waals surface area contributed by atoms with Crippen LogP contribution >= 0.6 is 15.9 Å². The number of ether oxygens (including phenoxy) is 2. The number of fused-ring (bicyclic) bond motifs is 1. The molecule has 0 bridgehead atoms. The van der Waals surface area contributed by atoms with Gasteiger partial charge >= 0.3 is 11.9 Å². The third-order valence-electron chi connectivity index (χ3n) is 4.59. The van der Waals surface area contributed by atoms with Crippen molar-refractivity contribution in [2.75, 3.05) is 13.2 Å². The van der Waals surface area contributed by atoms with Gasteiger partial charge in [-0.2, -0.15) is 0 Å². The summed E-state index contributed by atoms with van der Waals surface area (Å²) in [5, 5.41) is 2.63. The Morgan fingerprint density at radius 3 is 2.69 bits per heavy atom. The van der Waals surface area contributed by atoms with E-state index in [0.29, 0.717) is 11.4 Å². The zero-order chi connectivity index (χ0) is 21.3. The van der Waals surface area contributed by atoms with Gasteiger partial charge in [0.2, 0.25) is 0 Å². The predicted molar refractivity (Wildman–Crippen MR) is 106 cm³/mol. The lowest BCUT2D eigenvalue weighted by Crippen LogP contribution is -2.38. The highest BCUT2D eigenvalue weighted by Gasteiger charge is 2.43. The fourth-order valence-electron chi connectivity index (χ4n) is 3.39. The van der Waals surface area contributed by atoms with E-state index in [1.54, 1.807) is 14.0 Å². The molecule has 3 rings (SSSR count). The smallest absolute Gasteiger partial charge is 0.315 e. The minimum absolute atomic E-state index is 0.119. The molecule has 1 aliphatic rings. The van der Waals surface area contributed by atoms with E-state index in [1.165, 1.54) is 29.8 Å². The molecule has 10 heteroatoms. The summed E-state index contributed by atoms with van der Waals surface area (Å²) in [4.78, 5) is 41.3. The van der Waals surface area contributed by atoms with E-state index in [1.807, 2.05) is 0 Å². The van der Waals surface area contributed by atoms with Crippen LogP contribution in [0.5, 0.6) is 0 Å². The molecule has 0 spiro atoms. The van der Waals surface area contributed by atoms with Crippen LogP contribution in [0.2, 0.25) is 0 Å². The van der Waals surface area contributed by atoms with Crippen LogP contribution in [0.25, 0.3) is 0 Å². The van der Waals surface area contributed by atoms with Gasteiger partial charge in [0.1, 0.15) is 18.3 Å². The molecule has 2 atom stereocenters. The maximum absolute atomic E-state index is 13.8. The van der Waals surface area contributed by atoms with Crippen molar-refractivity contribution in [1.82, 2.24) is 9.78 Å². The van der Waals surface area contributed by atoms with Gasteiger partial charge in [0, 0.05) is 19.9 Å². The van der Waals surface area contributed by atoms with Gasteiger partial charge in [-0.1, -0.05) is 6.07 Å². The predicted octanol–water partition coefficient (Wildman–Crippen LogP) is 2.58. The van der Waals surface area contributed by atoms with E-state index < -0.39 is 35.2 Å². The molecule has 1 N–H and O–H groups in total. The zero-order valence-electron chi connectivity index (χ0n) is 16.0. The molecule has 1 aromatic heterocycles. The Hall–Kier alpha value is -2.75. The number of hydrogen-bond acceptors (Lipinski definition) is 6. The Balaban J connectivity index is 2.24. The molecule has 2 unspecified atom stereocenters. The van der Waals surface area contributed by atoms with Gasteiger partial charge in [-0.05, 0) is 40.5 Å². The number of aliphatic imine (C=N–C) groups is 1. The molecule has 0 amide bonds. The lowest BCUT2D eigenvalue weighted by molar-refractivity contribution is -0.147. The fourth-order valence-corrected chi connectivity index (χ4v) is 3.79. The van der Waals surface area contributed by atoms with Gasteiger partial charge in [0.25, 0.3) is 5.56 Å². The quantitative estimate of drug-likeness (QED) is 0.680. The lowest BCUT2D eigenvalue weighted by Gasteiger charge is -2.30. The molecule has 0 fully saturated rings. The summed E-state index contributed by atoms with van der Waals surface area (Å²) in [7, 11) is 1.61. The molecule has 1 aliphatic heterocycles. The summed E-state index contributed by atoms with van der Waals surface area (Å²) in [6.07, 6.45) is 0. The number of hydrogen-bond donors (Lipinski definition) is 1. The summed E-state index contributed by atoms with van der Waals surface area (Å²) < 4.78 is 25.7. The first-order valence-corrected chi connectivity index (χ1v) is 9.65. The third kappa shape index (κ3) is 4.02. The number of nitrogens with zero attached hydrogens (tertiary/aromatic N) is 2. The van der Waals surface area contributed by atoms with Crippen molar-refractivity contribution in [2.24, 2.45) is 18.0 Å². The number of halogens is 2. The zero-order valence-corrected chi connectivity index (χ0v) is 17.6. The Morgan fingerprint density at radius 2 is 2.07 bits per heavy atom. The SMILES string of the molecule is CCOC(=O)C1C(COC(C)=O)=Nc2c(c(=O)[nH]n2C)C1c1ccc(F)c(Br)c1. The number of nitrogens with one attached hydrogen (secondary N) is 1. The van der Waals surface area contributed by atoms with Crippen LogP contribution in [0.3, 0.4) is 0 Å². The normalized spacial score (nSPS) is 18.0. The molecular formula is C19H19BrFN3O5. The van der Waals surface area contributed by atoms with E-state index in [9.17, 15) is 18.8 Å². The van der Waals surface area contributed by atoms with Crippen molar-refractivity contribution in [1.29, 1.82) is 0 Å². The first kappa shape index (κ1) is 21.0. The van der Waals surface area contributed by atoms with Crippen molar-refractivity contribution in [2.45, 2.75) is 19.8 Å². The highest BCUT2D eigenvalue weighted by Crippen LogP contribution is 2.42. The Kier molecular flexibility index (Phi) is 6.02. The van der Waals surface area contributed by atoms with Crippen molar-refractivity contribution in [3.05, 3.63) is 50.0 Å². The van der Waals surface area contributed by atoms with E-state index in [-0.39, 0.29) is 29.0 Å². The molecule has 0 radical (unpaired) electrons. The summed E-state index contributed by atoms with van der Waals surface area (Å²) in [6.45, 7) is 2.78. The van der Waals surface area contributed by atoms with Gasteiger partial charge in [0.15, 0.2) is 5.82 Å². The van der Waals surface area contributed by atoms with Crippen LogP contribution in [0.15, 0.2) is 32.5 Å². The van der Waals surface area contributed by atoms with E-state index in [4.69, 9.17) is 9.47 Å². The minimum atomic E-state index is -1.01. The summed E-state index contributed by atoms with van der Waals surface area (Å²) in [5.41, 5.74) is 0.601. The third-order valence-corrected chi connectivity index (χ3v) is 5.20. The van der Waals surface area contributed by atoms with Gasteiger partial charge in [0.05, 0.1) is 22.4 Å². The average Bonchev–Trinajstić information content (AvgIpc) is 2.95. The highest BCUT2D eigenvalue weighted by atomic mass is 79.9. The number of carbonyl (C=O) groups is 2. The minimum Gasteiger partial charge on any atom is -0.465 e. The number of rotatable bonds is 5. The van der Waals surface area contributed by atoms with Crippen LogP contribution in [-0.4, -0.2) is 40.6 Å². The van der Waals surface area contributed by atoms with Crippen molar-refractivity contribution < 1.29 is 23.5 Å². The van der Waals surface area contributed by atoms with Crippen molar-refractivity contribution >= 4 is 39.4 Å². The molecule has 0 saturated heterocycles.